The second-order valence-electron chi connectivity index (χ2n) is 3.36. The molecule has 0 aliphatic heterocycles. The first-order valence-electron chi connectivity index (χ1n) is 4.51. The van der Waals surface area contributed by atoms with Crippen molar-refractivity contribution >= 4 is 11.8 Å². The van der Waals surface area contributed by atoms with Crippen molar-refractivity contribution in [3.05, 3.63) is 0 Å². The van der Waals surface area contributed by atoms with E-state index in [4.69, 9.17) is 15.6 Å². The highest BCUT2D eigenvalue weighted by atomic mass is 16.5. The minimum Gasteiger partial charge on any atom is -0.430 e. The largest absolute Gasteiger partial charge is 0.430 e. The lowest BCUT2D eigenvalue weighted by molar-refractivity contribution is 0.378. The number of hydrogen-bond donors (Lipinski definition) is 2. The lowest BCUT2D eigenvalue weighted by Gasteiger charge is -2.21. The van der Waals surface area contributed by atoms with Crippen LogP contribution in [-0.2, 0) is 4.74 Å². The monoisotopic (exact) mass is 168 g/mol. The zero-order chi connectivity index (χ0) is 8.97. The Kier molecular flexibility index (Phi) is 3.26. The normalized spacial score (nSPS) is 18.8. The average molecular weight is 168 g/mol. The molecule has 68 valence electrons. The second kappa shape index (κ2) is 4.24. The number of ether oxygens (including phenoxy) is 1. The van der Waals surface area contributed by atoms with Crippen LogP contribution in [0.5, 0.6) is 0 Å². The highest BCUT2D eigenvalue weighted by molar-refractivity contribution is 5.88. The lowest BCUT2D eigenvalue weighted by Crippen LogP contribution is -2.21. The van der Waals surface area contributed by atoms with E-state index >= 15 is 0 Å². The Hall–Kier alpha value is -0.860. The second-order valence-corrected chi connectivity index (χ2v) is 3.36. The molecule has 0 heterocycles. The third kappa shape index (κ3) is 2.64. The zero-order valence-electron chi connectivity index (χ0n) is 7.52. The van der Waals surface area contributed by atoms with Crippen molar-refractivity contribution in [3.63, 3.8) is 0 Å². The van der Waals surface area contributed by atoms with Gasteiger partial charge in [-0.2, -0.15) is 0 Å². The smallest absolute Gasteiger partial charge is 0.192 e. The molecule has 1 saturated carbocycles. The van der Waals surface area contributed by atoms with E-state index in [2.05, 4.69) is 0 Å². The predicted molar refractivity (Wildman–Crippen MR) is 48.8 cm³/mol. The molecule has 3 nitrogen and oxygen atoms in total. The molecule has 0 bridgehead atoms. The predicted octanol–water partition coefficient (Wildman–Crippen LogP) is 2.56. The van der Waals surface area contributed by atoms with Crippen molar-refractivity contribution in [1.82, 2.24) is 0 Å². The van der Waals surface area contributed by atoms with E-state index < -0.39 is 0 Å². The van der Waals surface area contributed by atoms with Crippen LogP contribution in [0.15, 0.2) is 0 Å². The van der Waals surface area contributed by atoms with Gasteiger partial charge >= 0.3 is 0 Å². The van der Waals surface area contributed by atoms with E-state index in [1.807, 2.05) is 0 Å². The molecule has 2 N–H and O–H groups in total. The van der Waals surface area contributed by atoms with E-state index in [9.17, 15) is 0 Å². The van der Waals surface area contributed by atoms with Crippen LogP contribution >= 0.6 is 0 Å². The molecule has 1 fully saturated rings. The molecule has 0 unspecified atom stereocenters. The lowest BCUT2D eigenvalue weighted by atomic mass is 9.89. The van der Waals surface area contributed by atoms with Crippen molar-refractivity contribution in [2.75, 3.05) is 0 Å². The Morgan fingerprint density at radius 2 is 1.75 bits per heavy atom. The number of nitrogens with one attached hydrogen (secondary N) is 2. The summed E-state index contributed by atoms with van der Waals surface area (Å²) < 4.78 is 4.96. The molecule has 0 atom stereocenters. The molecular weight excluding hydrogens is 152 g/mol. The van der Waals surface area contributed by atoms with Gasteiger partial charge in [0.15, 0.2) is 11.8 Å². The van der Waals surface area contributed by atoms with Gasteiger partial charge in [0.05, 0.1) is 0 Å². The van der Waals surface area contributed by atoms with Crippen LogP contribution < -0.4 is 0 Å². The number of hydrogen-bond acceptors (Lipinski definition) is 3. The van der Waals surface area contributed by atoms with Gasteiger partial charge in [-0.3, -0.25) is 10.8 Å². The van der Waals surface area contributed by atoms with Gasteiger partial charge in [-0.25, -0.2) is 0 Å². The molecule has 0 amide bonds. The molecular formula is C9H16N2O. The third-order valence-corrected chi connectivity index (χ3v) is 2.24. The van der Waals surface area contributed by atoms with Gasteiger partial charge in [0.2, 0.25) is 0 Å². The summed E-state index contributed by atoms with van der Waals surface area (Å²) in [6.07, 6.45) is 5.81. The third-order valence-electron chi connectivity index (χ3n) is 2.24. The minimum absolute atomic E-state index is 0.130. The molecule has 0 radical (unpaired) electrons. The Morgan fingerprint density at radius 1 is 1.17 bits per heavy atom. The maximum absolute atomic E-state index is 7.55. The molecule has 1 rings (SSSR count). The summed E-state index contributed by atoms with van der Waals surface area (Å²) in [6, 6.07) is 0. The fourth-order valence-corrected chi connectivity index (χ4v) is 1.61. The van der Waals surface area contributed by atoms with Gasteiger partial charge in [0, 0.05) is 12.8 Å². The highest BCUT2D eigenvalue weighted by Gasteiger charge is 2.19. The summed E-state index contributed by atoms with van der Waals surface area (Å²) >= 11 is 0. The highest BCUT2D eigenvalue weighted by Crippen LogP contribution is 2.24. The Balaban J connectivity index is 2.34. The van der Waals surface area contributed by atoms with E-state index in [1.165, 1.54) is 19.3 Å². The molecule has 0 saturated heterocycles. The Morgan fingerprint density at radius 3 is 2.25 bits per heavy atom. The van der Waals surface area contributed by atoms with Crippen LogP contribution in [0.25, 0.3) is 0 Å². The standard InChI is InChI=1S/C9H16N2O/c1-7(10)12-9(11)8-5-3-2-4-6-8/h8,10-11H,2-6H2,1H3. The molecule has 0 aromatic carbocycles. The van der Waals surface area contributed by atoms with E-state index in [1.54, 1.807) is 6.92 Å². The average Bonchev–Trinajstić information content (AvgIpc) is 2.05. The maximum Gasteiger partial charge on any atom is 0.192 e. The quantitative estimate of drug-likeness (QED) is 0.459. The summed E-state index contributed by atoms with van der Waals surface area (Å²) in [4.78, 5) is 0. The van der Waals surface area contributed by atoms with Crippen LogP contribution in [0.4, 0.5) is 0 Å². The first-order valence-corrected chi connectivity index (χ1v) is 4.51. The molecule has 0 aromatic heterocycles. The summed E-state index contributed by atoms with van der Waals surface area (Å²) in [6.45, 7) is 1.57. The fraction of sp³-hybridized carbons (Fsp3) is 0.778. The van der Waals surface area contributed by atoms with Crippen molar-refractivity contribution < 1.29 is 4.74 Å². The molecule has 0 aromatic rings. The minimum atomic E-state index is 0.130. The van der Waals surface area contributed by atoms with E-state index in [0.29, 0.717) is 5.90 Å². The van der Waals surface area contributed by atoms with Crippen molar-refractivity contribution in [2.45, 2.75) is 39.0 Å². The van der Waals surface area contributed by atoms with Crippen molar-refractivity contribution in [1.29, 1.82) is 10.8 Å². The van der Waals surface area contributed by atoms with Crippen LogP contribution in [0.1, 0.15) is 39.0 Å². The van der Waals surface area contributed by atoms with Gasteiger partial charge in [-0.05, 0) is 12.8 Å². The molecule has 3 heteroatoms. The Bertz CT molecular complexity index is 183. The summed E-state index contributed by atoms with van der Waals surface area (Å²) in [5, 5.41) is 14.6. The van der Waals surface area contributed by atoms with Crippen LogP contribution in [0.2, 0.25) is 0 Å². The van der Waals surface area contributed by atoms with Crippen molar-refractivity contribution in [2.24, 2.45) is 5.92 Å². The SMILES string of the molecule is CC(=N)OC(=N)C1CCCCC1. The summed E-state index contributed by atoms with van der Waals surface area (Å²) in [5.74, 6) is 0.701. The van der Waals surface area contributed by atoms with Gasteiger partial charge < -0.3 is 4.74 Å². The summed E-state index contributed by atoms with van der Waals surface area (Å²) in [7, 11) is 0. The first kappa shape index (κ1) is 9.23. The van der Waals surface area contributed by atoms with Crippen LogP contribution in [-0.4, -0.2) is 11.8 Å². The zero-order valence-corrected chi connectivity index (χ0v) is 7.52. The van der Waals surface area contributed by atoms with Gasteiger partial charge in [0.1, 0.15) is 0 Å². The molecule has 1 aliphatic rings. The summed E-state index contributed by atoms with van der Waals surface area (Å²) in [5.41, 5.74) is 0. The molecule has 0 spiro atoms. The maximum atomic E-state index is 7.55. The Labute approximate surface area is 73.1 Å². The van der Waals surface area contributed by atoms with Crippen molar-refractivity contribution in [3.8, 4) is 0 Å². The van der Waals surface area contributed by atoms with Crippen LogP contribution in [0, 0.1) is 16.7 Å². The topological polar surface area (TPSA) is 56.9 Å². The molecule has 1 aliphatic carbocycles. The van der Waals surface area contributed by atoms with Gasteiger partial charge in [-0.15, -0.1) is 0 Å². The van der Waals surface area contributed by atoms with Crippen LogP contribution in [0.3, 0.4) is 0 Å². The van der Waals surface area contributed by atoms with E-state index in [0.717, 1.165) is 12.8 Å². The first-order chi connectivity index (χ1) is 5.70. The van der Waals surface area contributed by atoms with Gasteiger partial charge in [-0.1, -0.05) is 19.3 Å². The molecule has 12 heavy (non-hydrogen) atoms. The van der Waals surface area contributed by atoms with Gasteiger partial charge in [0.25, 0.3) is 0 Å². The van der Waals surface area contributed by atoms with E-state index in [-0.39, 0.29) is 11.8 Å². The number of rotatable bonds is 1. The fourth-order valence-electron chi connectivity index (χ4n) is 1.61.